The molecule has 2 unspecified atom stereocenters. The minimum atomic E-state index is -0.580. The van der Waals surface area contributed by atoms with Crippen LogP contribution in [0.1, 0.15) is 12.8 Å². The Balaban J connectivity index is 1.59. The number of hydrogen-bond donors (Lipinski definition) is 3. The first-order valence-electron chi connectivity index (χ1n) is 11.2. The van der Waals surface area contributed by atoms with Crippen molar-refractivity contribution in [2.45, 2.75) is 24.9 Å². The van der Waals surface area contributed by atoms with Gasteiger partial charge in [0.25, 0.3) is 0 Å². The van der Waals surface area contributed by atoms with Crippen LogP contribution in [0.2, 0.25) is 5.02 Å². The number of fused-ring (bicyclic) bond motifs is 4. The highest BCUT2D eigenvalue weighted by molar-refractivity contribution is 7.80. The van der Waals surface area contributed by atoms with Gasteiger partial charge >= 0.3 is 6.01 Å². The molecular formula is C25H22ClFN4O2S. The van der Waals surface area contributed by atoms with E-state index in [-0.39, 0.29) is 33.8 Å². The topological polar surface area (TPSA) is 70.5 Å². The van der Waals surface area contributed by atoms with Crippen molar-refractivity contribution in [2.24, 2.45) is 0 Å². The predicted octanol–water partition coefficient (Wildman–Crippen LogP) is 5.15. The fourth-order valence-electron chi connectivity index (χ4n) is 5.24. The van der Waals surface area contributed by atoms with E-state index in [1.54, 1.807) is 12.1 Å². The number of halogens is 2. The van der Waals surface area contributed by atoms with Gasteiger partial charge in [-0.15, -0.1) is 12.6 Å². The zero-order chi connectivity index (χ0) is 23.4. The van der Waals surface area contributed by atoms with Gasteiger partial charge in [0.2, 0.25) is 0 Å². The van der Waals surface area contributed by atoms with Gasteiger partial charge in [0.1, 0.15) is 23.0 Å². The van der Waals surface area contributed by atoms with Gasteiger partial charge in [-0.05, 0) is 47.4 Å². The van der Waals surface area contributed by atoms with Crippen LogP contribution in [0.3, 0.4) is 0 Å². The van der Waals surface area contributed by atoms with Crippen LogP contribution < -0.4 is 15.0 Å². The number of thiol groups is 1. The lowest BCUT2D eigenvalue weighted by Gasteiger charge is -2.34. The van der Waals surface area contributed by atoms with E-state index in [0.717, 1.165) is 36.7 Å². The van der Waals surface area contributed by atoms with Crippen molar-refractivity contribution < 1.29 is 14.2 Å². The number of hydrogen-bond acceptors (Lipinski definition) is 7. The van der Waals surface area contributed by atoms with Crippen molar-refractivity contribution in [1.82, 2.24) is 15.3 Å². The highest BCUT2D eigenvalue weighted by Crippen LogP contribution is 2.42. The lowest BCUT2D eigenvalue weighted by molar-refractivity contribution is 0.362. The Bertz CT molecular complexity index is 1420. The highest BCUT2D eigenvalue weighted by atomic mass is 35.5. The standard InChI is InChI=1S/C25H22ClFN4O2S/c26-20-9-19-23(22(27)21(20)18-8-16(32)7-13-3-1-2-4-17(13)18)29-25(33-12-34)30-24(19)31-10-14-5-6-15(11-31)28-14/h1-4,7-9,14-15,28,32,34H,5-6,10-12H2. The summed E-state index contributed by atoms with van der Waals surface area (Å²) in [6, 6.07) is 13.2. The highest BCUT2D eigenvalue weighted by Gasteiger charge is 2.34. The molecule has 0 aliphatic carbocycles. The minimum Gasteiger partial charge on any atom is -0.508 e. The molecule has 0 radical (unpaired) electrons. The van der Waals surface area contributed by atoms with Gasteiger partial charge in [0.05, 0.1) is 5.02 Å². The lowest BCUT2D eigenvalue weighted by Crippen LogP contribution is -2.51. The van der Waals surface area contributed by atoms with E-state index >= 15 is 4.39 Å². The Morgan fingerprint density at radius 3 is 2.65 bits per heavy atom. The number of aromatic nitrogens is 2. The molecule has 2 bridgehead atoms. The summed E-state index contributed by atoms with van der Waals surface area (Å²) in [6.45, 7) is 1.53. The molecule has 4 aromatic rings. The largest absolute Gasteiger partial charge is 0.508 e. The molecule has 2 fully saturated rings. The molecule has 2 aliphatic heterocycles. The number of phenols is 1. The van der Waals surface area contributed by atoms with E-state index in [1.165, 1.54) is 6.07 Å². The van der Waals surface area contributed by atoms with Crippen molar-refractivity contribution in [3.05, 3.63) is 53.3 Å². The summed E-state index contributed by atoms with van der Waals surface area (Å²) >= 11 is 10.9. The second-order valence-electron chi connectivity index (χ2n) is 8.80. The monoisotopic (exact) mass is 496 g/mol. The summed E-state index contributed by atoms with van der Waals surface area (Å²) < 4.78 is 21.7. The van der Waals surface area contributed by atoms with Gasteiger partial charge in [-0.3, -0.25) is 0 Å². The van der Waals surface area contributed by atoms with E-state index in [1.807, 2.05) is 24.3 Å². The van der Waals surface area contributed by atoms with Gasteiger partial charge < -0.3 is 20.1 Å². The third-order valence-electron chi connectivity index (χ3n) is 6.67. The third-order valence-corrected chi connectivity index (χ3v) is 7.10. The number of phenolic OH excluding ortho intramolecular Hbond substituents is 1. The average Bonchev–Trinajstić information content (AvgIpc) is 3.16. The Morgan fingerprint density at radius 1 is 1.12 bits per heavy atom. The average molecular weight is 497 g/mol. The molecule has 2 aliphatic rings. The van der Waals surface area contributed by atoms with Crippen LogP contribution in [0, 0.1) is 5.82 Å². The van der Waals surface area contributed by atoms with Crippen molar-refractivity contribution in [1.29, 1.82) is 0 Å². The summed E-state index contributed by atoms with van der Waals surface area (Å²) in [5.74, 6) is 0.122. The van der Waals surface area contributed by atoms with Gasteiger partial charge in [0.15, 0.2) is 5.82 Å². The molecule has 2 atom stereocenters. The number of benzene rings is 3. The molecule has 0 saturated carbocycles. The van der Waals surface area contributed by atoms with E-state index in [0.29, 0.717) is 28.9 Å². The summed E-state index contributed by atoms with van der Waals surface area (Å²) in [5.41, 5.74) is 0.805. The quantitative estimate of drug-likeness (QED) is 0.268. The first-order valence-corrected chi connectivity index (χ1v) is 12.2. The number of nitrogens with zero attached hydrogens (tertiary/aromatic N) is 3. The van der Waals surface area contributed by atoms with Crippen molar-refractivity contribution in [2.75, 3.05) is 23.9 Å². The number of piperazine rings is 1. The molecule has 174 valence electrons. The van der Waals surface area contributed by atoms with Crippen molar-refractivity contribution >= 4 is 51.7 Å². The molecule has 6 rings (SSSR count). The number of ether oxygens (including phenoxy) is 1. The molecule has 2 saturated heterocycles. The van der Waals surface area contributed by atoms with Crippen molar-refractivity contribution in [3.8, 4) is 22.9 Å². The molecular weight excluding hydrogens is 475 g/mol. The zero-order valence-electron chi connectivity index (χ0n) is 18.1. The Hall–Kier alpha value is -2.81. The van der Waals surface area contributed by atoms with Gasteiger partial charge in [-0.25, -0.2) is 4.39 Å². The van der Waals surface area contributed by atoms with Gasteiger partial charge in [0, 0.05) is 36.1 Å². The van der Waals surface area contributed by atoms with E-state index in [2.05, 4.69) is 32.8 Å². The van der Waals surface area contributed by atoms with Crippen LogP contribution in [0.25, 0.3) is 32.8 Å². The van der Waals surface area contributed by atoms with Crippen LogP contribution in [-0.2, 0) is 0 Å². The van der Waals surface area contributed by atoms with Crippen LogP contribution in [0.5, 0.6) is 11.8 Å². The molecule has 3 heterocycles. The molecule has 34 heavy (non-hydrogen) atoms. The maximum atomic E-state index is 16.2. The molecule has 1 aromatic heterocycles. The summed E-state index contributed by atoms with van der Waals surface area (Å²) in [6.07, 6.45) is 2.21. The fraction of sp³-hybridized carbons (Fsp3) is 0.280. The van der Waals surface area contributed by atoms with E-state index in [9.17, 15) is 5.11 Å². The summed E-state index contributed by atoms with van der Waals surface area (Å²) in [4.78, 5) is 11.2. The minimum absolute atomic E-state index is 0.0306. The fourth-order valence-corrected chi connectivity index (χ4v) is 5.65. The second kappa shape index (κ2) is 8.45. The van der Waals surface area contributed by atoms with Crippen LogP contribution in [-0.4, -0.2) is 46.2 Å². The number of aromatic hydroxyl groups is 1. The zero-order valence-corrected chi connectivity index (χ0v) is 19.8. The first kappa shape index (κ1) is 21.7. The number of anilines is 1. The number of nitrogens with one attached hydrogen (secondary N) is 1. The molecule has 9 heteroatoms. The predicted molar refractivity (Wildman–Crippen MR) is 136 cm³/mol. The first-order chi connectivity index (χ1) is 16.5. The van der Waals surface area contributed by atoms with Crippen molar-refractivity contribution in [3.63, 3.8) is 0 Å². The normalized spacial score (nSPS) is 19.8. The lowest BCUT2D eigenvalue weighted by atomic mass is 9.96. The molecule has 3 aromatic carbocycles. The molecule has 6 nitrogen and oxygen atoms in total. The molecule has 0 amide bonds. The SMILES string of the molecule is Oc1cc(-c2c(Cl)cc3c(N4CC5CCC(C4)N5)nc(OCS)nc3c2F)c2ccccc2c1. The Morgan fingerprint density at radius 2 is 1.88 bits per heavy atom. The molecule has 0 spiro atoms. The van der Waals surface area contributed by atoms with Crippen LogP contribution in [0.4, 0.5) is 10.2 Å². The maximum Gasteiger partial charge on any atom is 0.319 e. The summed E-state index contributed by atoms with van der Waals surface area (Å²) in [7, 11) is 0. The Kier molecular flexibility index (Phi) is 5.39. The van der Waals surface area contributed by atoms with E-state index < -0.39 is 5.82 Å². The summed E-state index contributed by atoms with van der Waals surface area (Å²) in [5, 5.41) is 16.2. The molecule has 2 N–H and O–H groups in total. The van der Waals surface area contributed by atoms with Gasteiger partial charge in [-0.2, -0.15) is 9.97 Å². The third kappa shape index (κ3) is 3.61. The van der Waals surface area contributed by atoms with Crippen LogP contribution >= 0.6 is 24.2 Å². The van der Waals surface area contributed by atoms with E-state index in [4.69, 9.17) is 16.3 Å². The second-order valence-corrected chi connectivity index (χ2v) is 9.47. The smallest absolute Gasteiger partial charge is 0.319 e. The number of rotatable bonds is 4. The Labute approximate surface area is 206 Å². The van der Waals surface area contributed by atoms with Crippen LogP contribution in [0.15, 0.2) is 42.5 Å². The van der Waals surface area contributed by atoms with Gasteiger partial charge in [-0.1, -0.05) is 35.9 Å². The maximum absolute atomic E-state index is 16.2.